The van der Waals surface area contributed by atoms with Gasteiger partial charge in [0.15, 0.2) is 5.78 Å². The maximum Gasteiger partial charge on any atom is 0.389 e. The van der Waals surface area contributed by atoms with Crippen LogP contribution in [0.25, 0.3) is 0 Å². The molecule has 0 aliphatic heterocycles. The van der Waals surface area contributed by atoms with Crippen LogP contribution in [0.5, 0.6) is 0 Å². The second kappa shape index (κ2) is 5.48. The van der Waals surface area contributed by atoms with Crippen molar-refractivity contribution in [2.45, 2.75) is 32.9 Å². The number of halogens is 3. The highest BCUT2D eigenvalue weighted by molar-refractivity contribution is 7.10. The third kappa shape index (κ3) is 4.33. The largest absolute Gasteiger partial charge is 0.389 e. The van der Waals surface area contributed by atoms with Gasteiger partial charge in [-0.25, -0.2) is 0 Å². The second-order valence-corrected chi connectivity index (χ2v) is 4.45. The summed E-state index contributed by atoms with van der Waals surface area (Å²) in [6.45, 7) is 3.30. The number of nitrogens with zero attached hydrogens (tertiary/aromatic N) is 1. The van der Waals surface area contributed by atoms with Crippen LogP contribution < -0.4 is 5.32 Å². The number of ketones is 1. The maximum atomic E-state index is 11.9. The molecule has 0 aliphatic rings. The Balaban J connectivity index is 2.50. The first-order valence-electron chi connectivity index (χ1n) is 5.09. The molecule has 96 valence electrons. The molecular weight excluding hydrogens is 253 g/mol. The number of carbonyl (C=O) groups excluding carboxylic acids is 1. The molecule has 0 spiro atoms. The van der Waals surface area contributed by atoms with E-state index >= 15 is 0 Å². The van der Waals surface area contributed by atoms with Gasteiger partial charge in [-0.2, -0.15) is 17.5 Å². The number of hydrogen-bond donors (Lipinski definition) is 1. The highest BCUT2D eigenvalue weighted by atomic mass is 32.1. The van der Waals surface area contributed by atoms with E-state index in [1.807, 2.05) is 0 Å². The fraction of sp³-hybridized carbons (Fsp3) is 0.600. The van der Waals surface area contributed by atoms with E-state index < -0.39 is 12.6 Å². The molecule has 3 nitrogen and oxygen atoms in total. The third-order valence-corrected chi connectivity index (χ3v) is 3.03. The van der Waals surface area contributed by atoms with Crippen LogP contribution in [-0.4, -0.2) is 22.9 Å². The highest BCUT2D eigenvalue weighted by Gasteiger charge is 2.26. The van der Waals surface area contributed by atoms with Gasteiger partial charge >= 0.3 is 6.18 Å². The molecule has 0 saturated carbocycles. The lowest BCUT2D eigenvalue weighted by molar-refractivity contribution is -0.134. The van der Waals surface area contributed by atoms with E-state index in [4.69, 9.17) is 0 Å². The molecule has 0 aliphatic carbocycles. The molecule has 0 amide bonds. The molecule has 1 rings (SSSR count). The molecule has 0 radical (unpaired) electrons. The number of carbonyl (C=O) groups is 1. The summed E-state index contributed by atoms with van der Waals surface area (Å²) >= 11 is 1.10. The predicted octanol–water partition coefficient (Wildman–Crippen LogP) is 3.41. The molecule has 1 aromatic heterocycles. The first-order chi connectivity index (χ1) is 7.81. The van der Waals surface area contributed by atoms with Crippen LogP contribution >= 0.6 is 11.5 Å². The number of rotatable bonds is 5. The molecule has 0 atom stereocenters. The molecule has 0 saturated heterocycles. The van der Waals surface area contributed by atoms with E-state index in [-0.39, 0.29) is 18.7 Å². The Labute approximate surface area is 101 Å². The van der Waals surface area contributed by atoms with Gasteiger partial charge in [0.2, 0.25) is 0 Å². The highest BCUT2D eigenvalue weighted by Crippen LogP contribution is 2.26. The summed E-state index contributed by atoms with van der Waals surface area (Å²) in [6, 6.07) is 0. The zero-order valence-corrected chi connectivity index (χ0v) is 10.3. The van der Waals surface area contributed by atoms with Gasteiger partial charge in [0.1, 0.15) is 5.00 Å². The van der Waals surface area contributed by atoms with Crippen LogP contribution in [0.3, 0.4) is 0 Å². The normalized spacial score (nSPS) is 11.6. The number of aryl methyl sites for hydroxylation is 1. The van der Waals surface area contributed by atoms with Crippen molar-refractivity contribution in [2.75, 3.05) is 11.9 Å². The quantitative estimate of drug-likeness (QED) is 0.656. The number of nitrogens with one attached hydrogen (secondary N) is 1. The zero-order chi connectivity index (χ0) is 13.1. The Morgan fingerprint density at radius 2 is 2.12 bits per heavy atom. The van der Waals surface area contributed by atoms with E-state index in [0.29, 0.717) is 16.3 Å². The van der Waals surface area contributed by atoms with E-state index in [1.54, 1.807) is 6.92 Å². The van der Waals surface area contributed by atoms with Crippen molar-refractivity contribution in [1.82, 2.24) is 4.37 Å². The molecule has 0 bridgehead atoms. The molecular formula is C10H13F3N2OS. The van der Waals surface area contributed by atoms with Crippen LogP contribution in [-0.2, 0) is 0 Å². The molecule has 1 heterocycles. The number of anilines is 1. The average molecular weight is 266 g/mol. The van der Waals surface area contributed by atoms with Crippen molar-refractivity contribution in [2.24, 2.45) is 0 Å². The molecule has 0 aromatic carbocycles. The molecule has 1 aromatic rings. The second-order valence-electron chi connectivity index (χ2n) is 3.67. The van der Waals surface area contributed by atoms with Crippen molar-refractivity contribution < 1.29 is 18.0 Å². The first kappa shape index (κ1) is 14.0. The lowest BCUT2D eigenvalue weighted by atomic mass is 10.2. The zero-order valence-electron chi connectivity index (χ0n) is 9.52. The van der Waals surface area contributed by atoms with Gasteiger partial charge in [-0.1, -0.05) is 0 Å². The van der Waals surface area contributed by atoms with Gasteiger partial charge in [0, 0.05) is 13.0 Å². The van der Waals surface area contributed by atoms with Crippen molar-refractivity contribution in [3.05, 3.63) is 11.3 Å². The number of aromatic nitrogens is 1. The van der Waals surface area contributed by atoms with E-state index in [2.05, 4.69) is 9.69 Å². The summed E-state index contributed by atoms with van der Waals surface area (Å²) in [5.41, 5.74) is 1.09. The number of Topliss-reactive ketones (excluding diaryl/α,β-unsaturated/α-hetero) is 1. The maximum absolute atomic E-state index is 11.9. The van der Waals surface area contributed by atoms with Crippen LogP contribution in [0, 0.1) is 6.92 Å². The fourth-order valence-electron chi connectivity index (χ4n) is 1.40. The lowest BCUT2D eigenvalue weighted by Gasteiger charge is -2.07. The number of hydrogen-bond acceptors (Lipinski definition) is 4. The predicted molar refractivity (Wildman–Crippen MR) is 60.6 cm³/mol. The Kier molecular flexibility index (Phi) is 4.50. The van der Waals surface area contributed by atoms with Gasteiger partial charge in [-0.15, -0.1) is 0 Å². The molecule has 1 N–H and O–H groups in total. The van der Waals surface area contributed by atoms with Crippen LogP contribution in [0.1, 0.15) is 35.8 Å². The average Bonchev–Trinajstić information content (AvgIpc) is 2.53. The van der Waals surface area contributed by atoms with E-state index in [0.717, 1.165) is 11.5 Å². The minimum atomic E-state index is -4.13. The summed E-state index contributed by atoms with van der Waals surface area (Å²) in [5, 5.41) is 3.38. The molecule has 17 heavy (non-hydrogen) atoms. The standard InChI is InChI=1S/C10H13F3N2OS/c1-6-8(7(2)16)9(17-15-6)14-5-3-4-10(11,12)13/h14H,3-5H2,1-2H3. The van der Waals surface area contributed by atoms with Gasteiger partial charge in [0.25, 0.3) is 0 Å². The summed E-state index contributed by atoms with van der Waals surface area (Å²) in [6.07, 6.45) is -4.97. The van der Waals surface area contributed by atoms with Crippen molar-refractivity contribution in [3.8, 4) is 0 Å². The Morgan fingerprint density at radius 1 is 1.47 bits per heavy atom. The Morgan fingerprint density at radius 3 is 2.65 bits per heavy atom. The van der Waals surface area contributed by atoms with Crippen molar-refractivity contribution in [3.63, 3.8) is 0 Å². The third-order valence-electron chi connectivity index (χ3n) is 2.14. The minimum absolute atomic E-state index is 0.0161. The molecule has 7 heteroatoms. The van der Waals surface area contributed by atoms with Crippen LogP contribution in [0.2, 0.25) is 0 Å². The monoisotopic (exact) mass is 266 g/mol. The van der Waals surface area contributed by atoms with Crippen LogP contribution in [0.4, 0.5) is 18.2 Å². The number of alkyl halides is 3. The van der Waals surface area contributed by atoms with Gasteiger partial charge < -0.3 is 5.32 Å². The first-order valence-corrected chi connectivity index (χ1v) is 5.86. The van der Waals surface area contributed by atoms with Gasteiger partial charge in [-0.3, -0.25) is 4.79 Å². The van der Waals surface area contributed by atoms with Gasteiger partial charge in [0.05, 0.1) is 11.3 Å². The lowest BCUT2D eigenvalue weighted by Crippen LogP contribution is -2.11. The Bertz CT molecular complexity index is 401. The summed E-state index contributed by atoms with van der Waals surface area (Å²) in [5.74, 6) is -0.130. The summed E-state index contributed by atoms with van der Waals surface area (Å²) in [4.78, 5) is 11.3. The molecule has 0 fully saturated rings. The van der Waals surface area contributed by atoms with Crippen LogP contribution in [0.15, 0.2) is 0 Å². The Hall–Kier alpha value is -1.11. The van der Waals surface area contributed by atoms with Crippen molar-refractivity contribution in [1.29, 1.82) is 0 Å². The minimum Gasteiger partial charge on any atom is -0.375 e. The molecule has 0 unspecified atom stereocenters. The van der Waals surface area contributed by atoms with Gasteiger partial charge in [-0.05, 0) is 31.8 Å². The van der Waals surface area contributed by atoms with Crippen molar-refractivity contribution >= 4 is 22.3 Å². The van der Waals surface area contributed by atoms with E-state index in [9.17, 15) is 18.0 Å². The summed E-state index contributed by atoms with van der Waals surface area (Å²) < 4.78 is 39.7. The fourth-order valence-corrected chi connectivity index (χ4v) is 2.26. The summed E-state index contributed by atoms with van der Waals surface area (Å²) in [7, 11) is 0. The SMILES string of the molecule is CC(=O)c1c(C)nsc1NCCCC(F)(F)F. The topological polar surface area (TPSA) is 42.0 Å². The smallest absolute Gasteiger partial charge is 0.375 e. The van der Waals surface area contributed by atoms with E-state index in [1.165, 1.54) is 6.92 Å².